The average molecular weight is 330 g/mol. The highest BCUT2D eigenvalue weighted by Crippen LogP contribution is 2.36. The van der Waals surface area contributed by atoms with Crippen LogP contribution in [-0.2, 0) is 11.2 Å². The van der Waals surface area contributed by atoms with Crippen LogP contribution in [0.3, 0.4) is 0 Å². The molecule has 4 nitrogen and oxygen atoms in total. The van der Waals surface area contributed by atoms with Gasteiger partial charge in [-0.2, -0.15) is 0 Å². The van der Waals surface area contributed by atoms with E-state index in [-0.39, 0.29) is 12.6 Å². The molecule has 1 aromatic rings. The molecule has 0 unspecified atom stereocenters. The van der Waals surface area contributed by atoms with Crippen LogP contribution in [0.25, 0.3) is 6.08 Å². The third-order valence-corrected chi connectivity index (χ3v) is 5.88. The van der Waals surface area contributed by atoms with Crippen molar-refractivity contribution in [3.05, 3.63) is 34.9 Å². The van der Waals surface area contributed by atoms with Crippen molar-refractivity contribution >= 4 is 28.6 Å². The van der Waals surface area contributed by atoms with Gasteiger partial charge in [-0.25, -0.2) is 0 Å². The van der Waals surface area contributed by atoms with Gasteiger partial charge in [0, 0.05) is 37.1 Å². The van der Waals surface area contributed by atoms with Gasteiger partial charge in [0.05, 0.1) is 17.7 Å². The first-order valence-corrected chi connectivity index (χ1v) is 9.30. The van der Waals surface area contributed by atoms with Gasteiger partial charge in [-0.1, -0.05) is 12.1 Å². The molecule has 2 heterocycles. The zero-order chi connectivity index (χ0) is 15.6. The third-order valence-electron chi connectivity index (χ3n) is 4.69. The number of ether oxygens (including phenoxy) is 1. The van der Waals surface area contributed by atoms with Crippen molar-refractivity contribution in [1.82, 2.24) is 0 Å². The van der Waals surface area contributed by atoms with E-state index in [1.54, 1.807) is 11.8 Å². The molecule has 4 rings (SSSR count). The molecule has 0 aromatic heterocycles. The standard InChI is InChI=1S/C18H22N2O2S/c21-10-15-11-23-18(20-15)13-8-12-2-1-3-17(16(12)9-13)19-14-4-6-22-7-5-14/h1-3,8,14-15,19,21H,4-7,9-11H2/t15-/m1/s1. The Balaban J connectivity index is 1.51. The highest BCUT2D eigenvalue weighted by molar-refractivity contribution is 8.14. The fourth-order valence-electron chi connectivity index (χ4n) is 3.39. The molecule has 1 aliphatic carbocycles. The van der Waals surface area contributed by atoms with Gasteiger partial charge in [0.25, 0.3) is 0 Å². The Labute approximate surface area is 141 Å². The molecule has 2 N–H and O–H groups in total. The predicted octanol–water partition coefficient (Wildman–Crippen LogP) is 2.72. The van der Waals surface area contributed by atoms with E-state index >= 15 is 0 Å². The maximum atomic E-state index is 9.27. The lowest BCUT2D eigenvalue weighted by Gasteiger charge is -2.25. The zero-order valence-corrected chi connectivity index (χ0v) is 13.9. The number of anilines is 1. The van der Waals surface area contributed by atoms with Crippen molar-refractivity contribution in [1.29, 1.82) is 0 Å². The van der Waals surface area contributed by atoms with Gasteiger partial charge in [-0.3, -0.25) is 4.99 Å². The number of aliphatic hydroxyl groups excluding tert-OH is 1. The van der Waals surface area contributed by atoms with E-state index in [9.17, 15) is 5.11 Å². The fourth-order valence-corrected chi connectivity index (χ4v) is 4.46. The highest BCUT2D eigenvalue weighted by Gasteiger charge is 2.25. The van der Waals surface area contributed by atoms with E-state index in [0.717, 1.165) is 43.3 Å². The second kappa shape index (κ2) is 6.67. The first kappa shape index (κ1) is 15.2. The first-order chi connectivity index (χ1) is 11.3. The van der Waals surface area contributed by atoms with Crippen LogP contribution in [0.1, 0.15) is 24.0 Å². The van der Waals surface area contributed by atoms with Crippen LogP contribution in [0.15, 0.2) is 28.8 Å². The van der Waals surface area contributed by atoms with E-state index < -0.39 is 0 Å². The summed E-state index contributed by atoms with van der Waals surface area (Å²) in [6.45, 7) is 1.85. The molecule has 0 saturated carbocycles. The molecule has 0 spiro atoms. The van der Waals surface area contributed by atoms with E-state index in [2.05, 4.69) is 34.6 Å². The van der Waals surface area contributed by atoms with Crippen molar-refractivity contribution in [3.8, 4) is 0 Å². The van der Waals surface area contributed by atoms with Gasteiger partial charge in [-0.05, 0) is 41.7 Å². The van der Waals surface area contributed by atoms with Crippen LogP contribution in [0, 0.1) is 0 Å². The summed E-state index contributed by atoms with van der Waals surface area (Å²) in [6, 6.07) is 7.07. The number of nitrogens with one attached hydrogen (secondary N) is 1. The third kappa shape index (κ3) is 3.18. The molecule has 1 aromatic carbocycles. The number of aliphatic imine (C=N–C) groups is 1. The van der Waals surface area contributed by atoms with E-state index in [0.29, 0.717) is 6.04 Å². The number of benzene rings is 1. The molecule has 0 amide bonds. The summed E-state index contributed by atoms with van der Waals surface area (Å²) in [5.41, 5.74) is 5.22. The van der Waals surface area contributed by atoms with Crippen LogP contribution in [0.4, 0.5) is 5.69 Å². The monoisotopic (exact) mass is 330 g/mol. The van der Waals surface area contributed by atoms with Crippen molar-refractivity contribution in [2.24, 2.45) is 4.99 Å². The lowest BCUT2D eigenvalue weighted by molar-refractivity contribution is 0.0904. The minimum atomic E-state index is 0.0689. The minimum Gasteiger partial charge on any atom is -0.394 e. The summed E-state index contributed by atoms with van der Waals surface area (Å²) < 4.78 is 5.45. The van der Waals surface area contributed by atoms with Crippen LogP contribution in [0.2, 0.25) is 0 Å². The Morgan fingerprint density at radius 3 is 2.96 bits per heavy atom. The fraction of sp³-hybridized carbons (Fsp3) is 0.500. The number of fused-ring (bicyclic) bond motifs is 1. The number of hydrogen-bond donors (Lipinski definition) is 2. The van der Waals surface area contributed by atoms with Crippen molar-refractivity contribution < 1.29 is 9.84 Å². The molecule has 1 fully saturated rings. The largest absolute Gasteiger partial charge is 0.394 e. The Hall–Kier alpha value is -1.30. The van der Waals surface area contributed by atoms with Crippen LogP contribution < -0.4 is 5.32 Å². The zero-order valence-electron chi connectivity index (χ0n) is 13.1. The molecule has 5 heteroatoms. The van der Waals surface area contributed by atoms with Crippen molar-refractivity contribution in [2.45, 2.75) is 31.3 Å². The molecule has 0 radical (unpaired) electrons. The summed E-state index contributed by atoms with van der Waals surface area (Å²) in [5, 5.41) is 14.1. The predicted molar refractivity (Wildman–Crippen MR) is 96.4 cm³/mol. The van der Waals surface area contributed by atoms with E-state index in [1.165, 1.54) is 22.4 Å². The number of nitrogens with zero attached hydrogens (tertiary/aromatic N) is 1. The molecule has 0 bridgehead atoms. The Morgan fingerprint density at radius 1 is 1.30 bits per heavy atom. The van der Waals surface area contributed by atoms with Crippen molar-refractivity contribution in [2.75, 3.05) is 30.9 Å². The molecule has 3 aliphatic rings. The van der Waals surface area contributed by atoms with Crippen molar-refractivity contribution in [3.63, 3.8) is 0 Å². The maximum Gasteiger partial charge on any atom is 0.0945 e. The van der Waals surface area contributed by atoms with Gasteiger partial charge in [0.15, 0.2) is 0 Å². The SMILES string of the molecule is OC[C@@H]1CSC(C2=Cc3cccc(NC4CCOCC4)c3C2)=N1. The second-order valence-electron chi connectivity index (χ2n) is 6.33. The van der Waals surface area contributed by atoms with E-state index in [1.807, 2.05) is 0 Å². The summed E-state index contributed by atoms with van der Waals surface area (Å²) in [5.74, 6) is 0.896. The molecule has 1 atom stereocenters. The quantitative estimate of drug-likeness (QED) is 0.891. The topological polar surface area (TPSA) is 53.8 Å². The van der Waals surface area contributed by atoms with Gasteiger partial charge >= 0.3 is 0 Å². The summed E-state index contributed by atoms with van der Waals surface area (Å²) in [7, 11) is 0. The lowest BCUT2D eigenvalue weighted by atomic mass is 10.0. The lowest BCUT2D eigenvalue weighted by Crippen LogP contribution is -2.28. The Kier molecular flexibility index (Phi) is 4.42. The number of aliphatic hydroxyl groups is 1. The molecular formula is C18H22N2O2S. The van der Waals surface area contributed by atoms with Crippen LogP contribution in [0.5, 0.6) is 0 Å². The van der Waals surface area contributed by atoms with Crippen LogP contribution in [-0.4, -0.2) is 47.8 Å². The number of thioether (sulfide) groups is 1. The van der Waals surface area contributed by atoms with Gasteiger partial charge in [-0.15, -0.1) is 11.8 Å². The Morgan fingerprint density at radius 2 is 2.17 bits per heavy atom. The Bertz CT molecular complexity index is 650. The first-order valence-electron chi connectivity index (χ1n) is 8.32. The number of rotatable bonds is 4. The smallest absolute Gasteiger partial charge is 0.0945 e. The van der Waals surface area contributed by atoms with E-state index in [4.69, 9.17) is 4.74 Å². The molecule has 1 saturated heterocycles. The second-order valence-corrected chi connectivity index (χ2v) is 7.34. The summed E-state index contributed by atoms with van der Waals surface area (Å²) in [6.07, 6.45) is 5.34. The van der Waals surface area contributed by atoms with Gasteiger partial charge in [0.1, 0.15) is 0 Å². The maximum absolute atomic E-state index is 9.27. The summed E-state index contributed by atoms with van der Waals surface area (Å²) >= 11 is 1.77. The molecule has 122 valence electrons. The molecular weight excluding hydrogens is 308 g/mol. The minimum absolute atomic E-state index is 0.0689. The number of hydrogen-bond acceptors (Lipinski definition) is 5. The summed E-state index contributed by atoms with van der Waals surface area (Å²) in [4.78, 5) is 4.64. The van der Waals surface area contributed by atoms with Crippen LogP contribution >= 0.6 is 11.8 Å². The molecule has 23 heavy (non-hydrogen) atoms. The van der Waals surface area contributed by atoms with Gasteiger partial charge in [0.2, 0.25) is 0 Å². The highest BCUT2D eigenvalue weighted by atomic mass is 32.2. The van der Waals surface area contributed by atoms with Gasteiger partial charge < -0.3 is 15.2 Å². The molecule has 2 aliphatic heterocycles. The normalized spacial score (nSPS) is 24.3. The average Bonchev–Trinajstić information content (AvgIpc) is 3.23.